The Hall–Kier alpha value is -1.35. The number of carbonyl (C=O) groups excluding carboxylic acids is 1. The van der Waals surface area contributed by atoms with Crippen LogP contribution in [0.5, 0.6) is 0 Å². The highest BCUT2D eigenvalue weighted by atomic mass is 16.5. The number of nitrogens with two attached hydrogens (primary N) is 1. The van der Waals surface area contributed by atoms with Crippen molar-refractivity contribution >= 4 is 5.97 Å². The van der Waals surface area contributed by atoms with Crippen LogP contribution >= 0.6 is 0 Å². The van der Waals surface area contributed by atoms with E-state index < -0.39 is 0 Å². The Bertz CT molecular complexity index is 319. The molecule has 0 unspecified atom stereocenters. The van der Waals surface area contributed by atoms with Gasteiger partial charge < -0.3 is 10.5 Å². The van der Waals surface area contributed by atoms with E-state index in [9.17, 15) is 4.79 Å². The maximum Gasteiger partial charge on any atom is 0.305 e. The van der Waals surface area contributed by atoms with Crippen molar-refractivity contribution < 1.29 is 9.53 Å². The molecule has 1 aromatic carbocycles. The molecule has 0 aliphatic rings. The maximum absolute atomic E-state index is 11.1. The minimum Gasteiger partial charge on any atom is -0.466 e. The summed E-state index contributed by atoms with van der Waals surface area (Å²) in [6.07, 6.45) is 2.23. The second-order valence-corrected chi connectivity index (χ2v) is 3.68. The first-order valence-corrected chi connectivity index (χ1v) is 5.69. The van der Waals surface area contributed by atoms with Crippen LogP contribution in [0.1, 0.15) is 30.9 Å². The number of esters is 1. The van der Waals surface area contributed by atoms with Crippen molar-refractivity contribution in [2.75, 3.05) is 6.61 Å². The summed E-state index contributed by atoms with van der Waals surface area (Å²) in [6.45, 7) is 2.86. The summed E-state index contributed by atoms with van der Waals surface area (Å²) in [6, 6.07) is 8.18. The molecule has 0 aromatic heterocycles. The summed E-state index contributed by atoms with van der Waals surface area (Å²) in [5.41, 5.74) is 7.88. The first-order chi connectivity index (χ1) is 7.76. The van der Waals surface area contributed by atoms with E-state index in [1.165, 1.54) is 5.56 Å². The molecule has 1 rings (SSSR count). The minimum atomic E-state index is -0.110. The molecule has 0 saturated heterocycles. The highest BCUT2D eigenvalue weighted by Crippen LogP contribution is 2.08. The summed E-state index contributed by atoms with van der Waals surface area (Å²) in [7, 11) is 0. The third-order valence-corrected chi connectivity index (χ3v) is 2.41. The topological polar surface area (TPSA) is 52.3 Å². The fourth-order valence-electron chi connectivity index (χ4n) is 1.51. The predicted molar refractivity (Wildman–Crippen MR) is 63.9 cm³/mol. The molecule has 1 aromatic rings. The summed E-state index contributed by atoms with van der Waals surface area (Å²) < 4.78 is 4.86. The van der Waals surface area contributed by atoms with Gasteiger partial charge in [0, 0.05) is 13.0 Å². The van der Waals surface area contributed by atoms with Crippen molar-refractivity contribution in [3.63, 3.8) is 0 Å². The van der Waals surface area contributed by atoms with Gasteiger partial charge in [-0.3, -0.25) is 4.79 Å². The first-order valence-electron chi connectivity index (χ1n) is 5.69. The predicted octanol–water partition coefficient (Wildman–Crippen LogP) is 2.03. The van der Waals surface area contributed by atoms with E-state index in [-0.39, 0.29) is 5.97 Å². The molecule has 0 spiro atoms. The average molecular weight is 221 g/mol. The molecule has 16 heavy (non-hydrogen) atoms. The molecule has 0 heterocycles. The second-order valence-electron chi connectivity index (χ2n) is 3.68. The Morgan fingerprint density at radius 3 is 2.44 bits per heavy atom. The smallest absolute Gasteiger partial charge is 0.305 e. The van der Waals surface area contributed by atoms with Crippen LogP contribution < -0.4 is 5.73 Å². The Morgan fingerprint density at radius 2 is 1.88 bits per heavy atom. The van der Waals surface area contributed by atoms with Crippen molar-refractivity contribution in [1.82, 2.24) is 0 Å². The summed E-state index contributed by atoms with van der Waals surface area (Å²) >= 11 is 0. The Labute approximate surface area is 96.6 Å². The Balaban J connectivity index is 2.29. The minimum absolute atomic E-state index is 0.110. The summed E-state index contributed by atoms with van der Waals surface area (Å²) in [5, 5.41) is 0. The largest absolute Gasteiger partial charge is 0.466 e. The molecule has 0 fully saturated rings. The molecule has 0 amide bonds. The molecule has 0 aliphatic carbocycles. The lowest BCUT2D eigenvalue weighted by Gasteiger charge is -2.03. The number of hydrogen-bond acceptors (Lipinski definition) is 3. The lowest BCUT2D eigenvalue weighted by molar-refractivity contribution is -0.143. The highest BCUT2D eigenvalue weighted by Gasteiger charge is 2.01. The van der Waals surface area contributed by atoms with Gasteiger partial charge in [0.05, 0.1) is 6.61 Å². The van der Waals surface area contributed by atoms with Gasteiger partial charge in [0.25, 0.3) is 0 Å². The van der Waals surface area contributed by atoms with E-state index in [1.807, 2.05) is 19.1 Å². The number of rotatable bonds is 6. The molecule has 0 bridgehead atoms. The van der Waals surface area contributed by atoms with Crippen LogP contribution in [0.3, 0.4) is 0 Å². The van der Waals surface area contributed by atoms with Crippen LogP contribution in [0.2, 0.25) is 0 Å². The molecular formula is C13H19NO2. The molecule has 3 heteroatoms. The van der Waals surface area contributed by atoms with Gasteiger partial charge in [-0.2, -0.15) is 0 Å². The van der Waals surface area contributed by atoms with Crippen LogP contribution in [0.25, 0.3) is 0 Å². The third-order valence-electron chi connectivity index (χ3n) is 2.41. The van der Waals surface area contributed by atoms with Crippen molar-refractivity contribution in [2.45, 2.75) is 32.7 Å². The van der Waals surface area contributed by atoms with Gasteiger partial charge in [0.15, 0.2) is 0 Å². The standard InChI is InChI=1S/C13H19NO2/c1-2-16-13(15)5-3-4-11-6-8-12(10-14)9-7-11/h6-9H,2-5,10,14H2,1H3. The first kappa shape index (κ1) is 12.7. The zero-order valence-corrected chi connectivity index (χ0v) is 9.74. The van der Waals surface area contributed by atoms with Crippen molar-refractivity contribution in [3.8, 4) is 0 Å². The monoisotopic (exact) mass is 221 g/mol. The van der Waals surface area contributed by atoms with Crippen molar-refractivity contribution in [1.29, 1.82) is 0 Å². The van der Waals surface area contributed by atoms with E-state index in [0.717, 1.165) is 18.4 Å². The van der Waals surface area contributed by atoms with Crippen molar-refractivity contribution in [3.05, 3.63) is 35.4 Å². The van der Waals surface area contributed by atoms with Gasteiger partial charge in [-0.05, 0) is 30.9 Å². The van der Waals surface area contributed by atoms with E-state index >= 15 is 0 Å². The van der Waals surface area contributed by atoms with Crippen LogP contribution in [-0.4, -0.2) is 12.6 Å². The molecule has 0 radical (unpaired) electrons. The third kappa shape index (κ3) is 4.45. The van der Waals surface area contributed by atoms with Gasteiger partial charge in [-0.1, -0.05) is 24.3 Å². The Kier molecular flexibility index (Phi) is 5.57. The highest BCUT2D eigenvalue weighted by molar-refractivity contribution is 5.69. The molecule has 2 N–H and O–H groups in total. The van der Waals surface area contributed by atoms with Gasteiger partial charge >= 0.3 is 5.97 Å². The number of benzene rings is 1. The zero-order valence-electron chi connectivity index (χ0n) is 9.74. The van der Waals surface area contributed by atoms with E-state index in [4.69, 9.17) is 10.5 Å². The van der Waals surface area contributed by atoms with E-state index in [2.05, 4.69) is 12.1 Å². The fraction of sp³-hybridized carbons (Fsp3) is 0.462. The second kappa shape index (κ2) is 7.01. The van der Waals surface area contributed by atoms with Crippen LogP contribution in [0, 0.1) is 0 Å². The quantitative estimate of drug-likeness (QED) is 0.748. The van der Waals surface area contributed by atoms with E-state index in [0.29, 0.717) is 19.6 Å². The van der Waals surface area contributed by atoms with E-state index in [1.54, 1.807) is 0 Å². The molecule has 88 valence electrons. The maximum atomic E-state index is 11.1. The number of carbonyl (C=O) groups is 1. The number of ether oxygens (including phenoxy) is 1. The molecule has 0 atom stereocenters. The molecular weight excluding hydrogens is 202 g/mol. The summed E-state index contributed by atoms with van der Waals surface area (Å²) in [5.74, 6) is -0.110. The summed E-state index contributed by atoms with van der Waals surface area (Å²) in [4.78, 5) is 11.1. The number of hydrogen-bond donors (Lipinski definition) is 1. The Morgan fingerprint density at radius 1 is 1.25 bits per heavy atom. The lowest BCUT2D eigenvalue weighted by Crippen LogP contribution is -2.04. The SMILES string of the molecule is CCOC(=O)CCCc1ccc(CN)cc1. The normalized spacial score (nSPS) is 10.1. The lowest BCUT2D eigenvalue weighted by atomic mass is 10.1. The molecule has 3 nitrogen and oxygen atoms in total. The molecule has 0 aliphatic heterocycles. The van der Waals surface area contributed by atoms with Crippen molar-refractivity contribution in [2.24, 2.45) is 5.73 Å². The van der Waals surface area contributed by atoms with Crippen LogP contribution in [0.4, 0.5) is 0 Å². The zero-order chi connectivity index (χ0) is 11.8. The van der Waals surface area contributed by atoms with Gasteiger partial charge in [-0.15, -0.1) is 0 Å². The van der Waals surface area contributed by atoms with Gasteiger partial charge in [0.1, 0.15) is 0 Å². The number of aryl methyl sites for hydroxylation is 1. The van der Waals surface area contributed by atoms with Crippen LogP contribution in [0.15, 0.2) is 24.3 Å². The fourth-order valence-corrected chi connectivity index (χ4v) is 1.51. The van der Waals surface area contributed by atoms with Gasteiger partial charge in [0.2, 0.25) is 0 Å². The average Bonchev–Trinajstić information content (AvgIpc) is 2.30. The van der Waals surface area contributed by atoms with Crippen LogP contribution in [-0.2, 0) is 22.5 Å². The van der Waals surface area contributed by atoms with Gasteiger partial charge in [-0.25, -0.2) is 0 Å². The molecule has 0 saturated carbocycles.